The number of hydrogen-bond donors (Lipinski definition) is 1. The van der Waals surface area contributed by atoms with E-state index in [2.05, 4.69) is 10.1 Å². The molecule has 0 radical (unpaired) electrons. The Labute approximate surface area is 92.4 Å². The Morgan fingerprint density at radius 2 is 2.19 bits per heavy atom. The first kappa shape index (κ1) is 10.4. The summed E-state index contributed by atoms with van der Waals surface area (Å²) in [6, 6.07) is 5.27. The van der Waals surface area contributed by atoms with Crippen LogP contribution >= 0.6 is 0 Å². The first-order valence-electron chi connectivity index (χ1n) is 4.78. The van der Waals surface area contributed by atoms with Gasteiger partial charge in [-0.1, -0.05) is 0 Å². The summed E-state index contributed by atoms with van der Waals surface area (Å²) < 4.78 is 1.34. The Hall–Kier alpha value is -2.17. The molecule has 0 saturated heterocycles. The van der Waals surface area contributed by atoms with Crippen molar-refractivity contribution in [1.82, 2.24) is 14.8 Å². The zero-order valence-corrected chi connectivity index (χ0v) is 9.01. The van der Waals surface area contributed by atoms with E-state index in [0.717, 1.165) is 11.3 Å². The fourth-order valence-corrected chi connectivity index (χ4v) is 1.43. The second-order valence-electron chi connectivity index (χ2n) is 3.53. The first-order chi connectivity index (χ1) is 7.58. The molecule has 0 unspecified atom stereocenters. The Morgan fingerprint density at radius 1 is 1.44 bits per heavy atom. The van der Waals surface area contributed by atoms with Crippen LogP contribution in [0.3, 0.4) is 0 Å². The number of carboxylic acids is 1. The van der Waals surface area contributed by atoms with E-state index >= 15 is 0 Å². The van der Waals surface area contributed by atoms with Gasteiger partial charge in [0.15, 0.2) is 0 Å². The van der Waals surface area contributed by atoms with Crippen LogP contribution in [-0.2, 0) is 7.05 Å². The molecule has 2 aromatic rings. The molecule has 0 amide bonds. The SMILES string of the molecule is Cc1ccc(-c2cc(C(=O)O)n(C)n2)cn1. The molecule has 0 saturated carbocycles. The van der Waals surface area contributed by atoms with Crippen LogP contribution in [0.25, 0.3) is 11.3 Å². The highest BCUT2D eigenvalue weighted by molar-refractivity contribution is 5.87. The fraction of sp³-hybridized carbons (Fsp3) is 0.182. The average Bonchev–Trinajstić information content (AvgIpc) is 2.61. The number of aromatic carboxylic acids is 1. The van der Waals surface area contributed by atoms with Gasteiger partial charge < -0.3 is 5.11 Å². The molecule has 1 N–H and O–H groups in total. The predicted octanol–water partition coefficient (Wildman–Crippen LogP) is 1.49. The van der Waals surface area contributed by atoms with E-state index in [1.807, 2.05) is 19.1 Å². The van der Waals surface area contributed by atoms with Crippen LogP contribution in [-0.4, -0.2) is 25.8 Å². The standard InChI is InChI=1S/C11H11N3O2/c1-7-3-4-8(6-12-7)9-5-10(11(15)16)14(2)13-9/h3-6H,1-2H3,(H,15,16). The van der Waals surface area contributed by atoms with Crippen molar-refractivity contribution < 1.29 is 9.90 Å². The maximum Gasteiger partial charge on any atom is 0.354 e. The highest BCUT2D eigenvalue weighted by Gasteiger charge is 2.12. The molecular formula is C11H11N3O2. The van der Waals surface area contributed by atoms with Crippen LogP contribution in [0.5, 0.6) is 0 Å². The Kier molecular flexibility index (Phi) is 2.44. The number of carboxylic acid groups (broad SMARTS) is 1. The second-order valence-corrected chi connectivity index (χ2v) is 3.53. The molecular weight excluding hydrogens is 206 g/mol. The van der Waals surface area contributed by atoms with Crippen molar-refractivity contribution in [3.63, 3.8) is 0 Å². The van der Waals surface area contributed by atoms with Crippen molar-refractivity contribution in [2.45, 2.75) is 6.92 Å². The number of aryl methyl sites for hydroxylation is 2. The number of rotatable bonds is 2. The lowest BCUT2D eigenvalue weighted by molar-refractivity contribution is 0.0685. The number of hydrogen-bond acceptors (Lipinski definition) is 3. The van der Waals surface area contributed by atoms with E-state index in [1.165, 1.54) is 10.7 Å². The zero-order valence-electron chi connectivity index (χ0n) is 9.01. The quantitative estimate of drug-likeness (QED) is 0.827. The van der Waals surface area contributed by atoms with Crippen LogP contribution in [0.15, 0.2) is 24.4 Å². The predicted molar refractivity (Wildman–Crippen MR) is 58.1 cm³/mol. The molecule has 2 rings (SSSR count). The number of nitrogens with zero attached hydrogens (tertiary/aromatic N) is 3. The third-order valence-electron chi connectivity index (χ3n) is 2.31. The normalized spacial score (nSPS) is 10.4. The van der Waals surface area contributed by atoms with Crippen molar-refractivity contribution >= 4 is 5.97 Å². The summed E-state index contributed by atoms with van der Waals surface area (Å²) in [5, 5.41) is 13.0. The van der Waals surface area contributed by atoms with Crippen molar-refractivity contribution in [3.8, 4) is 11.3 Å². The molecule has 0 spiro atoms. The summed E-state index contributed by atoms with van der Waals surface area (Å²) in [6.07, 6.45) is 1.68. The van der Waals surface area contributed by atoms with Gasteiger partial charge in [0.1, 0.15) is 5.69 Å². The van der Waals surface area contributed by atoms with Crippen molar-refractivity contribution in [1.29, 1.82) is 0 Å². The highest BCUT2D eigenvalue weighted by Crippen LogP contribution is 2.17. The third kappa shape index (κ3) is 1.79. The number of carbonyl (C=O) groups is 1. The van der Waals surface area contributed by atoms with Gasteiger partial charge in [0, 0.05) is 24.5 Å². The summed E-state index contributed by atoms with van der Waals surface area (Å²) in [7, 11) is 1.61. The van der Waals surface area contributed by atoms with Crippen LogP contribution < -0.4 is 0 Å². The summed E-state index contributed by atoms with van der Waals surface area (Å²) in [6.45, 7) is 1.89. The minimum Gasteiger partial charge on any atom is -0.477 e. The average molecular weight is 217 g/mol. The monoisotopic (exact) mass is 217 g/mol. The third-order valence-corrected chi connectivity index (χ3v) is 2.31. The summed E-state index contributed by atoms with van der Waals surface area (Å²) in [5.74, 6) is -0.985. The van der Waals surface area contributed by atoms with E-state index in [-0.39, 0.29) is 5.69 Å². The van der Waals surface area contributed by atoms with E-state index < -0.39 is 5.97 Å². The minimum atomic E-state index is -0.985. The molecule has 82 valence electrons. The van der Waals surface area contributed by atoms with Gasteiger partial charge in [0.2, 0.25) is 0 Å². The lowest BCUT2D eigenvalue weighted by Crippen LogP contribution is -2.04. The topological polar surface area (TPSA) is 68.0 Å². The zero-order chi connectivity index (χ0) is 11.7. The van der Waals surface area contributed by atoms with E-state index in [0.29, 0.717) is 5.69 Å². The summed E-state index contributed by atoms with van der Waals surface area (Å²) in [4.78, 5) is 15.0. The van der Waals surface area contributed by atoms with Gasteiger partial charge in [-0.2, -0.15) is 5.10 Å². The van der Waals surface area contributed by atoms with Crippen LogP contribution in [0, 0.1) is 6.92 Å². The lowest BCUT2D eigenvalue weighted by atomic mass is 10.2. The molecule has 5 heteroatoms. The van der Waals surface area contributed by atoms with Gasteiger partial charge in [0.25, 0.3) is 0 Å². The van der Waals surface area contributed by atoms with Gasteiger partial charge in [-0.3, -0.25) is 9.67 Å². The van der Waals surface area contributed by atoms with Gasteiger partial charge in [0.05, 0.1) is 5.69 Å². The van der Waals surface area contributed by atoms with E-state index in [4.69, 9.17) is 5.11 Å². The van der Waals surface area contributed by atoms with Gasteiger partial charge >= 0.3 is 5.97 Å². The molecule has 0 aliphatic rings. The molecule has 2 aromatic heterocycles. The summed E-state index contributed by atoms with van der Waals surface area (Å²) >= 11 is 0. The van der Waals surface area contributed by atoms with Gasteiger partial charge in [-0.15, -0.1) is 0 Å². The van der Waals surface area contributed by atoms with Gasteiger partial charge in [-0.25, -0.2) is 4.79 Å². The highest BCUT2D eigenvalue weighted by atomic mass is 16.4. The maximum absolute atomic E-state index is 10.8. The van der Waals surface area contributed by atoms with Crippen molar-refractivity contribution in [3.05, 3.63) is 35.8 Å². The molecule has 0 aliphatic heterocycles. The molecule has 0 bridgehead atoms. The van der Waals surface area contributed by atoms with E-state index in [9.17, 15) is 4.79 Å². The Morgan fingerprint density at radius 3 is 2.69 bits per heavy atom. The smallest absolute Gasteiger partial charge is 0.354 e. The summed E-state index contributed by atoms with van der Waals surface area (Å²) in [5.41, 5.74) is 2.51. The van der Waals surface area contributed by atoms with Crippen molar-refractivity contribution in [2.75, 3.05) is 0 Å². The lowest BCUT2D eigenvalue weighted by Gasteiger charge is -1.95. The molecule has 0 fully saturated rings. The molecule has 0 atom stereocenters. The number of pyridine rings is 1. The number of aromatic nitrogens is 3. The van der Waals surface area contributed by atoms with Crippen LogP contribution in [0.2, 0.25) is 0 Å². The Balaban J connectivity index is 2.45. The molecule has 2 heterocycles. The molecule has 16 heavy (non-hydrogen) atoms. The maximum atomic E-state index is 10.8. The largest absolute Gasteiger partial charge is 0.477 e. The molecule has 0 aliphatic carbocycles. The minimum absolute atomic E-state index is 0.163. The van der Waals surface area contributed by atoms with Crippen LogP contribution in [0.1, 0.15) is 16.2 Å². The van der Waals surface area contributed by atoms with Crippen molar-refractivity contribution in [2.24, 2.45) is 7.05 Å². The molecule has 0 aromatic carbocycles. The fourth-order valence-electron chi connectivity index (χ4n) is 1.43. The second kappa shape index (κ2) is 3.77. The van der Waals surface area contributed by atoms with Gasteiger partial charge in [-0.05, 0) is 25.1 Å². The van der Waals surface area contributed by atoms with E-state index in [1.54, 1.807) is 13.2 Å². The molecule has 5 nitrogen and oxygen atoms in total. The Bertz CT molecular complexity index is 529. The first-order valence-corrected chi connectivity index (χ1v) is 4.78. The van der Waals surface area contributed by atoms with Crippen LogP contribution in [0.4, 0.5) is 0 Å².